The number of aromatic nitrogens is 2. The molecule has 1 aromatic rings. The van der Waals surface area contributed by atoms with E-state index in [0.29, 0.717) is 4.57 Å². The van der Waals surface area contributed by atoms with E-state index in [1.165, 1.54) is 0 Å². The highest BCUT2D eigenvalue weighted by Crippen LogP contribution is 2.44. The molecule has 12 heteroatoms. The maximum absolute atomic E-state index is 15.1. The van der Waals surface area contributed by atoms with Gasteiger partial charge in [-0.2, -0.15) is 13.8 Å². The Bertz CT molecular complexity index is 963. The van der Waals surface area contributed by atoms with Crippen molar-refractivity contribution in [3.63, 3.8) is 0 Å². The lowest BCUT2D eigenvalue weighted by molar-refractivity contribution is -0.174. The van der Waals surface area contributed by atoms with Crippen LogP contribution >= 0.6 is 0 Å². The van der Waals surface area contributed by atoms with Crippen LogP contribution in [0.1, 0.15) is 25.6 Å². The van der Waals surface area contributed by atoms with Gasteiger partial charge in [0.1, 0.15) is 26.6 Å². The quantitative estimate of drug-likeness (QED) is 0.417. The molecule has 2 N–H and O–H groups in total. The van der Waals surface area contributed by atoms with Crippen LogP contribution in [0.25, 0.3) is 0 Å². The van der Waals surface area contributed by atoms with Gasteiger partial charge < -0.3 is 19.9 Å². The predicted molar refractivity (Wildman–Crippen MR) is 104 cm³/mol. The fourth-order valence-electron chi connectivity index (χ4n) is 2.63. The maximum atomic E-state index is 15.1. The van der Waals surface area contributed by atoms with Crippen molar-refractivity contribution in [2.75, 3.05) is 12.3 Å². The van der Waals surface area contributed by atoms with Gasteiger partial charge in [-0.05, 0) is 0 Å². The first-order valence-electron chi connectivity index (χ1n) is 8.98. The zero-order valence-electron chi connectivity index (χ0n) is 17.2. The number of ether oxygens (including phenoxy) is 3. The second-order valence-corrected chi connectivity index (χ2v) is 12.5. The molecule has 1 aliphatic rings. The molecule has 3 unspecified atom stereocenters. The van der Waals surface area contributed by atoms with Gasteiger partial charge in [-0.15, -0.1) is 5.54 Å². The second-order valence-electron chi connectivity index (χ2n) is 7.76. The Morgan fingerprint density at radius 2 is 1.97 bits per heavy atom. The Labute approximate surface area is 172 Å². The standard InChI is InChI=1S/C18H23F2N3O6Si/c1-10(24)27-9-13-14(28-11(2)25)18(19,20)16(29-13)23-8-12(6-7-30(3,4)5)15(21)22-17(23)26/h8,13-14,16H,9H2,1-5H3,(H2,21,22,26). The van der Waals surface area contributed by atoms with Crippen LogP contribution in [0.15, 0.2) is 11.0 Å². The summed E-state index contributed by atoms with van der Waals surface area (Å²) in [7, 11) is -1.83. The summed E-state index contributed by atoms with van der Waals surface area (Å²) in [5.74, 6) is -2.97. The maximum Gasteiger partial charge on any atom is 0.351 e. The topological polar surface area (TPSA) is 123 Å². The Hall–Kier alpha value is -2.78. The summed E-state index contributed by atoms with van der Waals surface area (Å²) < 4.78 is 45.5. The number of hydrogen-bond acceptors (Lipinski definition) is 8. The minimum Gasteiger partial charge on any atom is -0.463 e. The molecule has 0 spiro atoms. The molecule has 1 aliphatic heterocycles. The summed E-state index contributed by atoms with van der Waals surface area (Å²) in [5.41, 5.74) is 7.73. The SMILES string of the molecule is CC(=O)OCC1OC(n2cc(C#C[Si](C)(C)C)c(N)nc2=O)C(F)(F)C1OC(C)=O. The first-order chi connectivity index (χ1) is 13.7. The number of halogens is 2. The molecule has 1 saturated heterocycles. The molecule has 1 aromatic heterocycles. The predicted octanol–water partition coefficient (Wildman–Crippen LogP) is 1.08. The molecular formula is C18H23F2N3O6Si. The molecule has 0 aromatic carbocycles. The highest BCUT2D eigenvalue weighted by Gasteiger charge is 2.62. The molecule has 0 aliphatic carbocycles. The van der Waals surface area contributed by atoms with Crippen LogP contribution in [0.3, 0.4) is 0 Å². The average Bonchev–Trinajstić information content (AvgIpc) is 2.82. The Balaban J connectivity index is 2.50. The summed E-state index contributed by atoms with van der Waals surface area (Å²) in [5, 5.41) is 0. The molecule has 1 fully saturated rings. The molecule has 9 nitrogen and oxygen atoms in total. The molecule has 164 valence electrons. The number of carbonyl (C=O) groups is 2. The fourth-order valence-corrected chi connectivity index (χ4v) is 3.14. The molecule has 0 saturated carbocycles. The first kappa shape index (κ1) is 23.5. The number of hydrogen-bond donors (Lipinski definition) is 1. The monoisotopic (exact) mass is 443 g/mol. The van der Waals surface area contributed by atoms with Crippen molar-refractivity contribution in [2.45, 2.75) is 57.8 Å². The summed E-state index contributed by atoms with van der Waals surface area (Å²) in [4.78, 5) is 38.3. The van der Waals surface area contributed by atoms with E-state index in [1.54, 1.807) is 0 Å². The Morgan fingerprint density at radius 3 is 2.50 bits per heavy atom. The van der Waals surface area contributed by atoms with Gasteiger partial charge in [0.05, 0.1) is 5.56 Å². The van der Waals surface area contributed by atoms with Gasteiger partial charge in [-0.3, -0.25) is 14.2 Å². The summed E-state index contributed by atoms with van der Waals surface area (Å²) in [6.07, 6.45) is -4.72. The van der Waals surface area contributed by atoms with E-state index in [1.807, 2.05) is 19.6 Å². The third kappa shape index (κ3) is 5.42. The van der Waals surface area contributed by atoms with Gasteiger partial charge in [0.25, 0.3) is 0 Å². The molecule has 0 amide bonds. The van der Waals surface area contributed by atoms with Crippen LogP contribution in [-0.4, -0.2) is 54.3 Å². The molecule has 3 atom stereocenters. The number of carbonyl (C=O) groups excluding carboxylic acids is 2. The molecule has 2 rings (SSSR count). The Kier molecular flexibility index (Phi) is 6.68. The average molecular weight is 443 g/mol. The molecule has 0 bridgehead atoms. The smallest absolute Gasteiger partial charge is 0.351 e. The van der Waals surface area contributed by atoms with E-state index in [4.69, 9.17) is 19.9 Å². The zero-order valence-corrected chi connectivity index (χ0v) is 18.2. The van der Waals surface area contributed by atoms with Crippen molar-refractivity contribution in [1.82, 2.24) is 9.55 Å². The third-order valence-electron chi connectivity index (χ3n) is 3.90. The van der Waals surface area contributed by atoms with E-state index >= 15 is 8.78 Å². The molecule has 30 heavy (non-hydrogen) atoms. The van der Waals surface area contributed by atoms with Gasteiger partial charge in [0.2, 0.25) is 6.23 Å². The zero-order chi connectivity index (χ0) is 22.9. The lowest BCUT2D eigenvalue weighted by Crippen LogP contribution is -2.44. The van der Waals surface area contributed by atoms with Crippen LogP contribution in [0.4, 0.5) is 14.6 Å². The van der Waals surface area contributed by atoms with Gasteiger partial charge >= 0.3 is 23.6 Å². The number of anilines is 1. The van der Waals surface area contributed by atoms with Crippen LogP contribution < -0.4 is 11.4 Å². The van der Waals surface area contributed by atoms with E-state index in [0.717, 1.165) is 20.0 Å². The lowest BCUT2D eigenvalue weighted by Gasteiger charge is -2.23. The number of esters is 2. The first-order valence-corrected chi connectivity index (χ1v) is 12.5. The minimum absolute atomic E-state index is 0.0869. The van der Waals surface area contributed by atoms with Crippen molar-refractivity contribution in [1.29, 1.82) is 0 Å². The van der Waals surface area contributed by atoms with Crippen molar-refractivity contribution in [3.05, 3.63) is 22.2 Å². The van der Waals surface area contributed by atoms with E-state index in [-0.39, 0.29) is 11.4 Å². The lowest BCUT2D eigenvalue weighted by atomic mass is 10.1. The number of nitrogens with two attached hydrogens (primary N) is 1. The van der Waals surface area contributed by atoms with E-state index < -0.39 is 56.7 Å². The summed E-state index contributed by atoms with van der Waals surface area (Å²) in [6.45, 7) is 7.35. The van der Waals surface area contributed by atoms with Crippen LogP contribution in [-0.2, 0) is 23.8 Å². The van der Waals surface area contributed by atoms with Gasteiger partial charge in [-0.1, -0.05) is 25.6 Å². The van der Waals surface area contributed by atoms with Crippen LogP contribution in [0, 0.1) is 11.5 Å². The summed E-state index contributed by atoms with van der Waals surface area (Å²) in [6, 6.07) is 0. The molecule has 2 heterocycles. The number of nitrogen functional groups attached to an aromatic ring is 1. The second kappa shape index (κ2) is 8.53. The van der Waals surface area contributed by atoms with E-state index in [2.05, 4.69) is 16.4 Å². The van der Waals surface area contributed by atoms with Crippen LogP contribution in [0.5, 0.6) is 0 Å². The van der Waals surface area contributed by atoms with Gasteiger partial charge in [-0.25, -0.2) is 4.79 Å². The number of alkyl halides is 2. The molecule has 0 radical (unpaired) electrons. The van der Waals surface area contributed by atoms with Gasteiger partial charge in [0, 0.05) is 20.0 Å². The number of rotatable bonds is 4. The van der Waals surface area contributed by atoms with Crippen molar-refractivity contribution >= 4 is 25.8 Å². The summed E-state index contributed by atoms with van der Waals surface area (Å²) >= 11 is 0. The highest BCUT2D eigenvalue weighted by molar-refractivity contribution is 6.83. The van der Waals surface area contributed by atoms with Crippen molar-refractivity contribution < 1.29 is 32.6 Å². The Morgan fingerprint density at radius 1 is 1.33 bits per heavy atom. The fraction of sp³-hybridized carbons (Fsp3) is 0.556. The normalized spacial score (nSPS) is 22.7. The highest BCUT2D eigenvalue weighted by atomic mass is 28.3. The van der Waals surface area contributed by atoms with Crippen molar-refractivity contribution in [3.8, 4) is 11.5 Å². The van der Waals surface area contributed by atoms with Crippen LogP contribution in [0.2, 0.25) is 19.6 Å². The van der Waals surface area contributed by atoms with E-state index in [9.17, 15) is 14.4 Å². The van der Waals surface area contributed by atoms with Crippen molar-refractivity contribution in [2.24, 2.45) is 0 Å². The largest absolute Gasteiger partial charge is 0.463 e. The molecular weight excluding hydrogens is 420 g/mol. The minimum atomic E-state index is -3.83. The van der Waals surface area contributed by atoms with Gasteiger partial charge in [0.15, 0.2) is 6.10 Å². The third-order valence-corrected chi connectivity index (χ3v) is 4.77. The number of nitrogens with zero attached hydrogens (tertiary/aromatic N) is 2.